The van der Waals surface area contributed by atoms with Crippen molar-refractivity contribution in [3.8, 4) is 0 Å². The fourth-order valence-corrected chi connectivity index (χ4v) is 1.84. The van der Waals surface area contributed by atoms with Gasteiger partial charge < -0.3 is 16.0 Å². The molecule has 20 heavy (non-hydrogen) atoms. The van der Waals surface area contributed by atoms with Gasteiger partial charge in [-0.15, -0.1) is 0 Å². The van der Waals surface area contributed by atoms with Crippen LogP contribution < -0.4 is 16.0 Å². The molecule has 1 aromatic carbocycles. The van der Waals surface area contributed by atoms with Gasteiger partial charge in [0.15, 0.2) is 5.96 Å². The highest BCUT2D eigenvalue weighted by molar-refractivity contribution is 5.94. The standard InChI is InChI=1S/C14H19FN4O/c1-10-3-4-11(9-12(10)15)13(20)16-7-8-19-14-17-5-2-6-18-14/h3-4,9H,2,5-8H2,1H3,(H,16,20)(H2,17,18,19). The van der Waals surface area contributed by atoms with Crippen LogP contribution in [0.2, 0.25) is 0 Å². The van der Waals surface area contributed by atoms with Crippen LogP contribution in [0, 0.1) is 12.7 Å². The second kappa shape index (κ2) is 6.88. The summed E-state index contributed by atoms with van der Waals surface area (Å²) in [6.45, 7) is 4.44. The minimum atomic E-state index is -0.364. The molecule has 3 N–H and O–H groups in total. The predicted octanol–water partition coefficient (Wildman–Crippen LogP) is 0.803. The number of nitrogens with zero attached hydrogens (tertiary/aromatic N) is 1. The second-order valence-electron chi connectivity index (χ2n) is 4.66. The van der Waals surface area contributed by atoms with Gasteiger partial charge in [0.2, 0.25) is 0 Å². The topological polar surface area (TPSA) is 65.5 Å². The molecule has 0 bridgehead atoms. The number of guanidine groups is 1. The highest BCUT2D eigenvalue weighted by Crippen LogP contribution is 2.08. The van der Waals surface area contributed by atoms with Gasteiger partial charge in [-0.05, 0) is 31.0 Å². The van der Waals surface area contributed by atoms with Crippen LogP contribution >= 0.6 is 0 Å². The third-order valence-electron chi connectivity index (χ3n) is 3.03. The fourth-order valence-electron chi connectivity index (χ4n) is 1.84. The summed E-state index contributed by atoms with van der Waals surface area (Å²) in [6, 6.07) is 4.47. The molecule has 108 valence electrons. The summed E-state index contributed by atoms with van der Waals surface area (Å²) in [4.78, 5) is 16.1. The molecule has 0 aromatic heterocycles. The summed E-state index contributed by atoms with van der Waals surface area (Å²) in [5.41, 5.74) is 0.867. The van der Waals surface area contributed by atoms with E-state index < -0.39 is 0 Å². The predicted molar refractivity (Wildman–Crippen MR) is 76.4 cm³/mol. The lowest BCUT2D eigenvalue weighted by molar-refractivity contribution is 0.0954. The zero-order valence-electron chi connectivity index (χ0n) is 11.5. The first-order chi connectivity index (χ1) is 9.66. The fraction of sp³-hybridized carbons (Fsp3) is 0.429. The average Bonchev–Trinajstić information content (AvgIpc) is 2.47. The maximum atomic E-state index is 13.4. The van der Waals surface area contributed by atoms with Crippen LogP contribution in [0.25, 0.3) is 0 Å². The molecule has 6 heteroatoms. The molecule has 5 nitrogen and oxygen atoms in total. The van der Waals surface area contributed by atoms with Gasteiger partial charge in [0, 0.05) is 31.7 Å². The van der Waals surface area contributed by atoms with E-state index in [1.807, 2.05) is 0 Å². The Morgan fingerprint density at radius 1 is 1.45 bits per heavy atom. The van der Waals surface area contributed by atoms with E-state index in [0.29, 0.717) is 24.2 Å². The van der Waals surface area contributed by atoms with E-state index in [-0.39, 0.29) is 11.7 Å². The van der Waals surface area contributed by atoms with Gasteiger partial charge in [-0.25, -0.2) is 4.39 Å². The number of benzene rings is 1. The van der Waals surface area contributed by atoms with Crippen LogP contribution in [-0.4, -0.2) is 38.0 Å². The maximum Gasteiger partial charge on any atom is 0.251 e. The first kappa shape index (κ1) is 14.3. The zero-order valence-corrected chi connectivity index (χ0v) is 11.5. The van der Waals surface area contributed by atoms with E-state index in [1.54, 1.807) is 19.1 Å². The quantitative estimate of drug-likeness (QED) is 0.714. The van der Waals surface area contributed by atoms with E-state index in [9.17, 15) is 9.18 Å². The second-order valence-corrected chi connectivity index (χ2v) is 4.66. The number of hydrogen-bond acceptors (Lipinski definition) is 4. The Labute approximate surface area is 117 Å². The van der Waals surface area contributed by atoms with Gasteiger partial charge in [0.1, 0.15) is 5.82 Å². The van der Waals surface area contributed by atoms with Crippen molar-refractivity contribution in [3.05, 3.63) is 35.1 Å². The molecule has 1 aliphatic heterocycles. The van der Waals surface area contributed by atoms with Crippen molar-refractivity contribution < 1.29 is 9.18 Å². The smallest absolute Gasteiger partial charge is 0.251 e. The Balaban J connectivity index is 1.74. The number of rotatable bonds is 4. The molecule has 2 rings (SSSR count). The van der Waals surface area contributed by atoms with E-state index in [4.69, 9.17) is 0 Å². The molecular formula is C14H19FN4O. The Morgan fingerprint density at radius 3 is 3.00 bits per heavy atom. The summed E-state index contributed by atoms with van der Waals surface area (Å²) in [5, 5.41) is 8.96. The first-order valence-corrected chi connectivity index (χ1v) is 6.73. The van der Waals surface area contributed by atoms with Crippen molar-refractivity contribution in [2.45, 2.75) is 13.3 Å². The van der Waals surface area contributed by atoms with Crippen molar-refractivity contribution in [2.24, 2.45) is 4.99 Å². The molecule has 0 saturated carbocycles. The molecule has 1 aromatic rings. The Kier molecular flexibility index (Phi) is 4.92. The summed E-state index contributed by atoms with van der Waals surface area (Å²) in [6.07, 6.45) is 1.04. The van der Waals surface area contributed by atoms with E-state index >= 15 is 0 Å². The summed E-state index contributed by atoms with van der Waals surface area (Å²) in [5.74, 6) is 0.132. The van der Waals surface area contributed by atoms with Crippen LogP contribution in [0.3, 0.4) is 0 Å². The lowest BCUT2D eigenvalue weighted by Crippen LogP contribution is -2.43. The Bertz CT molecular complexity index is 516. The third kappa shape index (κ3) is 3.94. The van der Waals surface area contributed by atoms with Gasteiger partial charge in [-0.3, -0.25) is 9.79 Å². The lowest BCUT2D eigenvalue weighted by Gasteiger charge is -2.16. The number of amides is 1. The van der Waals surface area contributed by atoms with Crippen molar-refractivity contribution in [1.29, 1.82) is 0 Å². The van der Waals surface area contributed by atoms with Crippen LogP contribution in [0.1, 0.15) is 22.3 Å². The van der Waals surface area contributed by atoms with E-state index in [1.165, 1.54) is 6.07 Å². The maximum absolute atomic E-state index is 13.4. The van der Waals surface area contributed by atoms with Crippen molar-refractivity contribution >= 4 is 11.9 Å². The van der Waals surface area contributed by atoms with Gasteiger partial charge >= 0.3 is 0 Å². The number of hydrogen-bond donors (Lipinski definition) is 3. The number of aryl methyl sites for hydroxylation is 1. The zero-order chi connectivity index (χ0) is 14.4. The third-order valence-corrected chi connectivity index (χ3v) is 3.03. The number of nitrogens with one attached hydrogen (secondary N) is 3. The van der Waals surface area contributed by atoms with Gasteiger partial charge in [-0.2, -0.15) is 0 Å². The van der Waals surface area contributed by atoms with Gasteiger partial charge in [0.05, 0.1) is 0 Å². The molecular weight excluding hydrogens is 259 g/mol. The first-order valence-electron chi connectivity index (χ1n) is 6.73. The highest BCUT2D eigenvalue weighted by Gasteiger charge is 2.08. The molecule has 0 fully saturated rings. The lowest BCUT2D eigenvalue weighted by atomic mass is 10.1. The monoisotopic (exact) mass is 278 g/mol. The van der Waals surface area contributed by atoms with Crippen molar-refractivity contribution in [3.63, 3.8) is 0 Å². The molecule has 0 atom stereocenters. The summed E-state index contributed by atoms with van der Waals surface area (Å²) < 4.78 is 13.4. The minimum absolute atomic E-state index is 0.274. The van der Waals surface area contributed by atoms with E-state index in [0.717, 1.165) is 25.5 Å². The van der Waals surface area contributed by atoms with Crippen LogP contribution in [0.5, 0.6) is 0 Å². The number of carbonyl (C=O) groups is 1. The number of aliphatic imine (C=N–C) groups is 1. The van der Waals surface area contributed by atoms with Gasteiger partial charge in [-0.1, -0.05) is 6.07 Å². The average molecular weight is 278 g/mol. The van der Waals surface area contributed by atoms with Crippen molar-refractivity contribution in [2.75, 3.05) is 26.2 Å². The summed E-state index contributed by atoms with van der Waals surface area (Å²) in [7, 11) is 0. The minimum Gasteiger partial charge on any atom is -0.356 e. The number of halogens is 1. The molecule has 0 radical (unpaired) electrons. The van der Waals surface area contributed by atoms with Crippen molar-refractivity contribution in [1.82, 2.24) is 16.0 Å². The molecule has 0 spiro atoms. The van der Waals surface area contributed by atoms with E-state index in [2.05, 4.69) is 20.9 Å². The van der Waals surface area contributed by atoms with Crippen LogP contribution in [-0.2, 0) is 0 Å². The molecule has 0 unspecified atom stereocenters. The highest BCUT2D eigenvalue weighted by atomic mass is 19.1. The molecule has 1 aliphatic rings. The molecule has 0 aliphatic carbocycles. The SMILES string of the molecule is Cc1ccc(C(=O)NCCNC2=NCCCN2)cc1F. The molecule has 1 amide bonds. The Morgan fingerprint density at radius 2 is 2.30 bits per heavy atom. The van der Waals surface area contributed by atoms with Gasteiger partial charge in [0.25, 0.3) is 5.91 Å². The number of carbonyl (C=O) groups excluding carboxylic acids is 1. The molecule has 0 saturated heterocycles. The summed E-state index contributed by atoms with van der Waals surface area (Å²) >= 11 is 0. The normalized spacial score (nSPS) is 14.2. The van der Waals surface area contributed by atoms with Crippen LogP contribution in [0.15, 0.2) is 23.2 Å². The molecule has 1 heterocycles. The largest absolute Gasteiger partial charge is 0.356 e. The van der Waals surface area contributed by atoms with Crippen LogP contribution in [0.4, 0.5) is 4.39 Å². The Hall–Kier alpha value is -2.11.